The highest BCUT2D eigenvalue weighted by Gasteiger charge is 2.13. The van der Waals surface area contributed by atoms with Gasteiger partial charge in [-0.05, 0) is 37.3 Å². The van der Waals surface area contributed by atoms with Crippen LogP contribution in [-0.4, -0.2) is 73.8 Å². The number of carbonyl (C=O) groups is 5. The molecule has 14 nitrogen and oxygen atoms in total. The molecule has 0 atom stereocenters. The Balaban J connectivity index is 0.000000130. The molecule has 5 aromatic heterocycles. The molecule has 0 aliphatic rings. The molecule has 10 rings (SSSR count). The number of fused-ring (bicyclic) bond motifs is 5. The molecule has 8 N–H and O–H groups in total. The lowest BCUT2D eigenvalue weighted by molar-refractivity contribution is 0.0527. The smallest absolute Gasteiger partial charge is 0.340 e. The summed E-state index contributed by atoms with van der Waals surface area (Å²) in [5, 5.41) is 13.2. The van der Waals surface area contributed by atoms with Gasteiger partial charge < -0.3 is 45.2 Å². The molecule has 0 spiro atoms. The molecule has 312 valence electrons. The molecule has 1 amide bonds. The van der Waals surface area contributed by atoms with Crippen LogP contribution in [0.1, 0.15) is 58.7 Å². The lowest BCUT2D eigenvalue weighted by atomic mass is 10.2. The number of amides is 1. The van der Waals surface area contributed by atoms with Crippen molar-refractivity contribution < 1.29 is 38.6 Å². The number of aldehydes is 1. The van der Waals surface area contributed by atoms with Gasteiger partial charge >= 0.3 is 17.9 Å². The molecule has 0 fully saturated rings. The van der Waals surface area contributed by atoms with Crippen LogP contribution in [0.15, 0.2) is 152 Å². The van der Waals surface area contributed by atoms with Crippen LogP contribution in [-0.2, 0) is 9.47 Å². The van der Waals surface area contributed by atoms with Gasteiger partial charge in [-0.1, -0.05) is 91.0 Å². The van der Waals surface area contributed by atoms with Crippen molar-refractivity contribution >= 4 is 84.6 Å². The average molecular weight is 831 g/mol. The number of ether oxygens (including phenoxy) is 2. The molecule has 5 aromatic carbocycles. The number of aromatic nitrogens is 5. The SMILES string of the molecule is CCOC(=O)c1c[nH]c2ccccc12.COC(=O)c1c[nH]c2ccccc12.NC(=O)c1c[nH]c2ccccc12.O=C(O)c1c[nH]c2ccccc12.O=Cc1c[nH]c2ccccc12. The van der Waals surface area contributed by atoms with Crippen LogP contribution in [0.5, 0.6) is 0 Å². The molecule has 62 heavy (non-hydrogen) atoms. The number of H-pyrrole nitrogens is 5. The number of primary amides is 1. The fraction of sp³-hybridized carbons (Fsp3) is 0.0625. The number of para-hydroxylation sites is 5. The summed E-state index contributed by atoms with van der Waals surface area (Å²) in [5.74, 6) is -1.87. The van der Waals surface area contributed by atoms with E-state index in [1.165, 1.54) is 13.3 Å². The first kappa shape index (κ1) is 42.9. The van der Waals surface area contributed by atoms with Crippen molar-refractivity contribution in [3.63, 3.8) is 0 Å². The molecular weight excluding hydrogens is 789 g/mol. The zero-order chi connectivity index (χ0) is 44.0. The van der Waals surface area contributed by atoms with Gasteiger partial charge in [0.2, 0.25) is 0 Å². The number of hydrogen-bond acceptors (Lipinski definition) is 7. The maximum absolute atomic E-state index is 11.5. The molecule has 14 heteroatoms. The summed E-state index contributed by atoms with van der Waals surface area (Å²) in [5.41, 5.74) is 12.6. The third kappa shape index (κ3) is 9.96. The number of carbonyl (C=O) groups excluding carboxylic acids is 4. The molecule has 0 bridgehead atoms. The van der Waals surface area contributed by atoms with Gasteiger partial charge in [0.15, 0.2) is 6.29 Å². The number of nitrogens with one attached hydrogen (secondary N) is 5. The minimum atomic E-state index is -0.896. The summed E-state index contributed by atoms with van der Waals surface area (Å²) in [6, 6.07) is 37.9. The van der Waals surface area contributed by atoms with E-state index in [0.717, 1.165) is 66.4 Å². The van der Waals surface area contributed by atoms with E-state index in [4.69, 9.17) is 15.6 Å². The van der Waals surface area contributed by atoms with E-state index in [9.17, 15) is 24.0 Å². The van der Waals surface area contributed by atoms with Gasteiger partial charge in [0.25, 0.3) is 5.91 Å². The second-order valence-corrected chi connectivity index (χ2v) is 13.3. The molecule has 0 saturated heterocycles. The second kappa shape index (κ2) is 20.4. The summed E-state index contributed by atoms with van der Waals surface area (Å²) < 4.78 is 9.58. The molecule has 0 radical (unpaired) electrons. The Morgan fingerprint density at radius 2 is 0.855 bits per heavy atom. The van der Waals surface area contributed by atoms with Gasteiger partial charge in [0.05, 0.1) is 36.0 Å². The van der Waals surface area contributed by atoms with E-state index in [0.29, 0.717) is 28.9 Å². The van der Waals surface area contributed by atoms with Crippen LogP contribution in [0.3, 0.4) is 0 Å². The predicted octanol–water partition coefficient (Wildman–Crippen LogP) is 9.41. The van der Waals surface area contributed by atoms with Crippen LogP contribution in [0, 0.1) is 0 Å². The van der Waals surface area contributed by atoms with Crippen molar-refractivity contribution in [2.24, 2.45) is 5.73 Å². The highest BCUT2D eigenvalue weighted by atomic mass is 16.5. The van der Waals surface area contributed by atoms with Gasteiger partial charge in [-0.15, -0.1) is 0 Å². The van der Waals surface area contributed by atoms with Crippen LogP contribution >= 0.6 is 0 Å². The quantitative estimate of drug-likeness (QED) is 0.0629. The van der Waals surface area contributed by atoms with Crippen molar-refractivity contribution in [3.8, 4) is 0 Å². The predicted molar refractivity (Wildman–Crippen MR) is 240 cm³/mol. The normalized spacial score (nSPS) is 10.3. The van der Waals surface area contributed by atoms with Crippen molar-refractivity contribution in [2.45, 2.75) is 6.92 Å². The van der Waals surface area contributed by atoms with E-state index in [-0.39, 0.29) is 11.9 Å². The van der Waals surface area contributed by atoms with Crippen molar-refractivity contribution in [1.82, 2.24) is 24.9 Å². The third-order valence-corrected chi connectivity index (χ3v) is 9.50. The van der Waals surface area contributed by atoms with E-state index in [1.54, 1.807) is 37.8 Å². The van der Waals surface area contributed by atoms with E-state index < -0.39 is 11.9 Å². The number of benzene rings is 5. The number of carboxylic acid groups (broad SMARTS) is 1. The minimum Gasteiger partial charge on any atom is -0.478 e. The number of rotatable bonds is 6. The first-order valence-electron chi connectivity index (χ1n) is 19.2. The van der Waals surface area contributed by atoms with Crippen molar-refractivity contribution in [3.05, 3.63) is 180 Å². The van der Waals surface area contributed by atoms with E-state index in [2.05, 4.69) is 29.7 Å². The van der Waals surface area contributed by atoms with Crippen LogP contribution in [0.2, 0.25) is 0 Å². The summed E-state index contributed by atoms with van der Waals surface area (Å²) >= 11 is 0. The Morgan fingerprint density at radius 1 is 0.516 bits per heavy atom. The third-order valence-electron chi connectivity index (χ3n) is 9.50. The number of carboxylic acids is 1. The fourth-order valence-corrected chi connectivity index (χ4v) is 6.51. The van der Waals surface area contributed by atoms with Gasteiger partial charge in [-0.25, -0.2) is 14.4 Å². The molecule has 10 aromatic rings. The summed E-state index contributed by atoms with van der Waals surface area (Å²) in [4.78, 5) is 69.6. The Bertz CT molecular complexity index is 3050. The summed E-state index contributed by atoms with van der Waals surface area (Å²) in [6.45, 7) is 2.20. The fourth-order valence-electron chi connectivity index (χ4n) is 6.51. The number of methoxy groups -OCH3 is 1. The number of nitrogens with two attached hydrogens (primary N) is 1. The number of aromatic carboxylic acids is 1. The van der Waals surface area contributed by atoms with Crippen molar-refractivity contribution in [1.29, 1.82) is 0 Å². The van der Waals surface area contributed by atoms with Crippen LogP contribution < -0.4 is 5.73 Å². The lowest BCUT2D eigenvalue weighted by Crippen LogP contribution is -2.09. The highest BCUT2D eigenvalue weighted by Crippen LogP contribution is 2.21. The monoisotopic (exact) mass is 830 g/mol. The average Bonchev–Trinajstić information content (AvgIpc) is 4.16. The second-order valence-electron chi connectivity index (χ2n) is 13.3. The number of esters is 2. The number of hydrogen-bond donors (Lipinski definition) is 7. The Morgan fingerprint density at radius 3 is 1.26 bits per heavy atom. The largest absolute Gasteiger partial charge is 0.478 e. The zero-order valence-corrected chi connectivity index (χ0v) is 33.6. The van der Waals surface area contributed by atoms with Gasteiger partial charge in [-0.2, -0.15) is 0 Å². The summed E-state index contributed by atoms with van der Waals surface area (Å²) in [6.07, 6.45) is 9.07. The topological polar surface area (TPSA) is 229 Å². The van der Waals surface area contributed by atoms with Crippen molar-refractivity contribution in [2.75, 3.05) is 13.7 Å². The Hall–Kier alpha value is -8.65. The zero-order valence-electron chi connectivity index (χ0n) is 33.6. The highest BCUT2D eigenvalue weighted by molar-refractivity contribution is 6.07. The minimum absolute atomic E-state index is 0.273. The van der Waals surface area contributed by atoms with Gasteiger partial charge in [-0.3, -0.25) is 9.59 Å². The van der Waals surface area contributed by atoms with Gasteiger partial charge in [0, 0.05) is 91.1 Å². The first-order chi connectivity index (χ1) is 30.1. The molecule has 0 aliphatic carbocycles. The standard InChI is InChI=1S/C11H11NO2.C10H9NO2.C9H8N2O.C9H7NO2.C9H7NO/c1-2-14-11(13)9-7-12-10-6-4-3-5-8(9)10;1-13-10(12)8-6-11-9-5-3-2-4-7(8)9;10-9(12)7-5-11-8-4-2-1-3-6(7)8;11-9(12)7-5-10-8-4-2-1-3-6(7)8;11-6-7-5-10-9-4-2-1-3-8(7)9/h3-7,12H,2H2,1H3;2-6,11H,1H3;1-5,11H,(H2,10,12);1-5,10H,(H,11,12);1-6,10H. The maximum Gasteiger partial charge on any atom is 0.340 e. The Kier molecular flexibility index (Phi) is 14.1. The molecule has 0 unspecified atom stereocenters. The first-order valence-corrected chi connectivity index (χ1v) is 19.2. The molecule has 0 saturated carbocycles. The van der Waals surface area contributed by atoms with E-state index >= 15 is 0 Å². The van der Waals surface area contributed by atoms with E-state index in [1.807, 2.05) is 115 Å². The molecule has 0 aliphatic heterocycles. The summed E-state index contributed by atoms with van der Waals surface area (Å²) in [7, 11) is 1.38. The van der Waals surface area contributed by atoms with Crippen LogP contribution in [0.25, 0.3) is 54.5 Å². The maximum atomic E-state index is 11.5. The number of aromatic amines is 5. The van der Waals surface area contributed by atoms with Gasteiger partial charge in [0.1, 0.15) is 0 Å². The van der Waals surface area contributed by atoms with Crippen LogP contribution in [0.4, 0.5) is 0 Å². The Labute approximate surface area is 353 Å². The molecular formula is C48H42N6O8. The lowest BCUT2D eigenvalue weighted by Gasteiger charge is -1.98. The molecule has 5 heterocycles.